The van der Waals surface area contributed by atoms with Gasteiger partial charge in [0, 0.05) is 6.20 Å². The minimum Gasteiger partial charge on any atom is -0.295 e. The smallest absolute Gasteiger partial charge is 0.0578 e. The zero-order chi connectivity index (χ0) is 10.7. The number of rotatable bonds is 3. The maximum atomic E-state index is 4.51. The molecule has 2 rings (SSSR count). The summed E-state index contributed by atoms with van der Waals surface area (Å²) < 4.78 is 0. The molecular formula is C13H20N2. The standard InChI is InChI=1S/C13H20N2/c1-3-8-15-9-4-5-13(15)12-10-11(2)6-7-14-12/h6-7,10,13H,3-5,8-9H2,1-2H3. The van der Waals surface area contributed by atoms with E-state index < -0.39 is 0 Å². The summed E-state index contributed by atoms with van der Waals surface area (Å²) in [6.07, 6.45) is 5.77. The molecule has 0 amide bonds. The molecule has 82 valence electrons. The second-order valence-corrected chi connectivity index (χ2v) is 4.45. The highest BCUT2D eigenvalue weighted by atomic mass is 15.2. The van der Waals surface area contributed by atoms with E-state index in [0.717, 1.165) is 0 Å². The van der Waals surface area contributed by atoms with Crippen LogP contribution in [0.5, 0.6) is 0 Å². The van der Waals surface area contributed by atoms with E-state index in [0.29, 0.717) is 6.04 Å². The van der Waals surface area contributed by atoms with E-state index in [2.05, 4.69) is 35.9 Å². The molecule has 2 heterocycles. The van der Waals surface area contributed by atoms with E-state index in [-0.39, 0.29) is 0 Å². The number of hydrogen-bond acceptors (Lipinski definition) is 2. The largest absolute Gasteiger partial charge is 0.295 e. The van der Waals surface area contributed by atoms with Gasteiger partial charge in [-0.05, 0) is 57.0 Å². The molecule has 0 spiro atoms. The minimum atomic E-state index is 0.574. The van der Waals surface area contributed by atoms with Crippen LogP contribution in [0.1, 0.15) is 43.5 Å². The number of aromatic nitrogens is 1. The fraction of sp³-hybridized carbons (Fsp3) is 0.615. The summed E-state index contributed by atoms with van der Waals surface area (Å²) in [5, 5.41) is 0. The van der Waals surface area contributed by atoms with Crippen LogP contribution in [-0.2, 0) is 0 Å². The van der Waals surface area contributed by atoms with Gasteiger partial charge in [0.2, 0.25) is 0 Å². The van der Waals surface area contributed by atoms with Crippen molar-refractivity contribution in [2.24, 2.45) is 0 Å². The van der Waals surface area contributed by atoms with Crippen LogP contribution in [0.2, 0.25) is 0 Å². The summed E-state index contributed by atoms with van der Waals surface area (Å²) in [7, 11) is 0. The molecule has 1 aliphatic heterocycles. The Kier molecular flexibility index (Phi) is 3.37. The molecule has 1 aliphatic rings. The predicted molar refractivity (Wildman–Crippen MR) is 62.8 cm³/mol. The molecule has 2 heteroatoms. The van der Waals surface area contributed by atoms with Crippen molar-refractivity contribution in [3.05, 3.63) is 29.6 Å². The van der Waals surface area contributed by atoms with Crippen LogP contribution in [0, 0.1) is 6.92 Å². The predicted octanol–water partition coefficient (Wildman–Crippen LogP) is 2.94. The van der Waals surface area contributed by atoms with Crippen LogP contribution in [0.3, 0.4) is 0 Å². The molecule has 1 saturated heterocycles. The van der Waals surface area contributed by atoms with Crippen molar-refractivity contribution in [1.82, 2.24) is 9.88 Å². The Morgan fingerprint density at radius 2 is 2.40 bits per heavy atom. The third-order valence-corrected chi connectivity index (χ3v) is 3.15. The molecule has 0 N–H and O–H groups in total. The van der Waals surface area contributed by atoms with Crippen LogP contribution in [-0.4, -0.2) is 23.0 Å². The third kappa shape index (κ3) is 2.37. The maximum absolute atomic E-state index is 4.51. The van der Waals surface area contributed by atoms with Crippen molar-refractivity contribution >= 4 is 0 Å². The van der Waals surface area contributed by atoms with Crippen molar-refractivity contribution in [1.29, 1.82) is 0 Å². The summed E-state index contributed by atoms with van der Waals surface area (Å²) in [6.45, 7) is 6.85. The lowest BCUT2D eigenvalue weighted by Crippen LogP contribution is -2.24. The molecule has 0 aliphatic carbocycles. The Morgan fingerprint density at radius 1 is 1.53 bits per heavy atom. The lowest BCUT2D eigenvalue weighted by Gasteiger charge is -2.23. The van der Waals surface area contributed by atoms with Gasteiger partial charge in [-0.15, -0.1) is 0 Å². The highest BCUT2D eigenvalue weighted by molar-refractivity contribution is 5.18. The van der Waals surface area contributed by atoms with Gasteiger partial charge in [0.05, 0.1) is 11.7 Å². The quantitative estimate of drug-likeness (QED) is 0.752. The highest BCUT2D eigenvalue weighted by Crippen LogP contribution is 2.30. The van der Waals surface area contributed by atoms with Gasteiger partial charge >= 0.3 is 0 Å². The van der Waals surface area contributed by atoms with Crippen molar-refractivity contribution in [3.8, 4) is 0 Å². The molecule has 1 aromatic rings. The van der Waals surface area contributed by atoms with E-state index in [1.54, 1.807) is 0 Å². The van der Waals surface area contributed by atoms with Gasteiger partial charge in [0.1, 0.15) is 0 Å². The monoisotopic (exact) mass is 204 g/mol. The fourth-order valence-corrected chi connectivity index (χ4v) is 2.46. The molecule has 1 fully saturated rings. The Hall–Kier alpha value is -0.890. The first-order valence-electron chi connectivity index (χ1n) is 5.98. The first-order valence-corrected chi connectivity index (χ1v) is 5.98. The average Bonchev–Trinajstić information content (AvgIpc) is 2.66. The van der Waals surface area contributed by atoms with Gasteiger partial charge in [-0.25, -0.2) is 0 Å². The van der Waals surface area contributed by atoms with Crippen molar-refractivity contribution in [2.75, 3.05) is 13.1 Å². The van der Waals surface area contributed by atoms with Crippen molar-refractivity contribution < 1.29 is 0 Å². The van der Waals surface area contributed by atoms with E-state index in [9.17, 15) is 0 Å². The Balaban J connectivity index is 2.15. The lowest BCUT2D eigenvalue weighted by atomic mass is 10.1. The van der Waals surface area contributed by atoms with Crippen molar-refractivity contribution in [3.63, 3.8) is 0 Å². The van der Waals surface area contributed by atoms with Gasteiger partial charge in [-0.1, -0.05) is 6.92 Å². The number of likely N-dealkylation sites (tertiary alicyclic amines) is 1. The van der Waals surface area contributed by atoms with Gasteiger partial charge in [-0.2, -0.15) is 0 Å². The highest BCUT2D eigenvalue weighted by Gasteiger charge is 2.25. The normalized spacial score (nSPS) is 22.1. The van der Waals surface area contributed by atoms with Gasteiger partial charge in [-0.3, -0.25) is 9.88 Å². The lowest BCUT2D eigenvalue weighted by molar-refractivity contribution is 0.253. The van der Waals surface area contributed by atoms with E-state index in [1.165, 1.54) is 43.6 Å². The molecule has 15 heavy (non-hydrogen) atoms. The van der Waals surface area contributed by atoms with Crippen LogP contribution in [0.4, 0.5) is 0 Å². The summed E-state index contributed by atoms with van der Waals surface area (Å²) in [5.74, 6) is 0. The summed E-state index contributed by atoms with van der Waals surface area (Å²) >= 11 is 0. The summed E-state index contributed by atoms with van der Waals surface area (Å²) in [5.41, 5.74) is 2.59. The van der Waals surface area contributed by atoms with Gasteiger partial charge < -0.3 is 0 Å². The van der Waals surface area contributed by atoms with E-state index >= 15 is 0 Å². The molecule has 0 bridgehead atoms. The molecule has 1 unspecified atom stereocenters. The number of aryl methyl sites for hydroxylation is 1. The maximum Gasteiger partial charge on any atom is 0.0578 e. The summed E-state index contributed by atoms with van der Waals surface area (Å²) in [6, 6.07) is 4.88. The topological polar surface area (TPSA) is 16.1 Å². The van der Waals surface area contributed by atoms with Gasteiger partial charge in [0.15, 0.2) is 0 Å². The van der Waals surface area contributed by atoms with Gasteiger partial charge in [0.25, 0.3) is 0 Å². The molecule has 1 atom stereocenters. The Labute approximate surface area is 92.3 Å². The number of pyridine rings is 1. The van der Waals surface area contributed by atoms with E-state index in [1.807, 2.05) is 6.20 Å². The van der Waals surface area contributed by atoms with Crippen LogP contribution in [0.25, 0.3) is 0 Å². The molecule has 1 aromatic heterocycles. The second kappa shape index (κ2) is 4.75. The minimum absolute atomic E-state index is 0.574. The second-order valence-electron chi connectivity index (χ2n) is 4.45. The van der Waals surface area contributed by atoms with Crippen LogP contribution in [0.15, 0.2) is 18.3 Å². The Bertz CT molecular complexity index is 322. The summed E-state index contributed by atoms with van der Waals surface area (Å²) in [4.78, 5) is 7.08. The molecule has 0 aromatic carbocycles. The van der Waals surface area contributed by atoms with Crippen LogP contribution >= 0.6 is 0 Å². The first-order chi connectivity index (χ1) is 7.31. The number of hydrogen-bond donors (Lipinski definition) is 0. The molecule has 0 radical (unpaired) electrons. The van der Waals surface area contributed by atoms with Crippen LogP contribution < -0.4 is 0 Å². The van der Waals surface area contributed by atoms with Crippen molar-refractivity contribution in [2.45, 2.75) is 39.2 Å². The SMILES string of the molecule is CCCN1CCCC1c1cc(C)ccn1. The van der Waals surface area contributed by atoms with E-state index in [4.69, 9.17) is 0 Å². The number of nitrogens with zero attached hydrogens (tertiary/aromatic N) is 2. The first kappa shape index (κ1) is 10.6. The average molecular weight is 204 g/mol. The molecule has 2 nitrogen and oxygen atoms in total. The fourth-order valence-electron chi connectivity index (χ4n) is 2.46. The zero-order valence-corrected chi connectivity index (χ0v) is 9.74. The molecular weight excluding hydrogens is 184 g/mol. The molecule has 0 saturated carbocycles. The third-order valence-electron chi connectivity index (χ3n) is 3.15. The Morgan fingerprint density at radius 3 is 3.13 bits per heavy atom. The zero-order valence-electron chi connectivity index (χ0n) is 9.74.